The van der Waals surface area contributed by atoms with Crippen LogP contribution in [0.15, 0.2) is 72.8 Å². The lowest BCUT2D eigenvalue weighted by Crippen LogP contribution is -2.06. The van der Waals surface area contributed by atoms with Gasteiger partial charge in [0.2, 0.25) is 11.6 Å². The lowest BCUT2D eigenvalue weighted by molar-refractivity contribution is -0.130. The molecule has 0 atom stereocenters. The molecule has 20 heavy (non-hydrogen) atoms. The van der Waals surface area contributed by atoms with Crippen molar-refractivity contribution in [2.24, 2.45) is 0 Å². The molecule has 0 spiro atoms. The fourth-order valence-electron chi connectivity index (χ4n) is 1.64. The van der Waals surface area contributed by atoms with Gasteiger partial charge in [0.1, 0.15) is 0 Å². The molecule has 0 heterocycles. The normalized spacial score (nSPS) is 11.0. The smallest absolute Gasteiger partial charge is 0.225 e. The van der Waals surface area contributed by atoms with E-state index in [9.17, 15) is 9.59 Å². The van der Waals surface area contributed by atoms with Crippen molar-refractivity contribution in [1.82, 2.24) is 0 Å². The number of allylic oxidation sites excluding steroid dienone is 2. The van der Waals surface area contributed by atoms with Crippen molar-refractivity contribution in [1.29, 1.82) is 0 Å². The molecular weight excluding hydrogens is 248 g/mol. The van der Waals surface area contributed by atoms with Gasteiger partial charge in [0, 0.05) is 0 Å². The lowest BCUT2D eigenvalue weighted by atomic mass is 10.1. The highest BCUT2D eigenvalue weighted by molar-refractivity contribution is 6.46. The summed E-state index contributed by atoms with van der Waals surface area (Å²) in [6.07, 6.45) is 5.87. The van der Waals surface area contributed by atoms with Gasteiger partial charge in [-0.3, -0.25) is 9.59 Å². The molecule has 0 radical (unpaired) electrons. The van der Waals surface area contributed by atoms with Crippen molar-refractivity contribution in [2.75, 3.05) is 0 Å². The van der Waals surface area contributed by atoms with Crippen LogP contribution in [-0.4, -0.2) is 11.6 Å². The number of rotatable bonds is 5. The molecular formula is C18H14O2. The predicted molar refractivity (Wildman–Crippen MR) is 81.0 cm³/mol. The Bertz CT molecular complexity index is 578. The number of hydrogen-bond donors (Lipinski definition) is 0. The van der Waals surface area contributed by atoms with Crippen molar-refractivity contribution in [3.63, 3.8) is 0 Å². The first-order valence-corrected chi connectivity index (χ1v) is 6.30. The highest BCUT2D eigenvalue weighted by Crippen LogP contribution is 2.03. The van der Waals surface area contributed by atoms with Crippen LogP contribution in [0, 0.1) is 0 Å². The van der Waals surface area contributed by atoms with E-state index >= 15 is 0 Å². The van der Waals surface area contributed by atoms with Crippen LogP contribution in [0.3, 0.4) is 0 Å². The molecule has 0 N–H and O–H groups in total. The molecule has 0 amide bonds. The molecule has 2 heteroatoms. The number of carbonyl (C=O) groups is 2. The zero-order valence-corrected chi connectivity index (χ0v) is 10.9. The Morgan fingerprint density at radius 3 is 1.30 bits per heavy atom. The molecule has 0 aliphatic heterocycles. The average molecular weight is 262 g/mol. The zero-order chi connectivity index (χ0) is 14.2. The third-order valence-corrected chi connectivity index (χ3v) is 2.70. The third kappa shape index (κ3) is 4.18. The van der Waals surface area contributed by atoms with Gasteiger partial charge >= 0.3 is 0 Å². The molecule has 0 aromatic heterocycles. The van der Waals surface area contributed by atoms with E-state index in [0.717, 1.165) is 11.1 Å². The summed E-state index contributed by atoms with van der Waals surface area (Å²) in [6.45, 7) is 0. The molecule has 2 nitrogen and oxygen atoms in total. The minimum Gasteiger partial charge on any atom is -0.286 e. The van der Waals surface area contributed by atoms with E-state index in [2.05, 4.69) is 0 Å². The van der Waals surface area contributed by atoms with Crippen LogP contribution in [0.2, 0.25) is 0 Å². The molecule has 0 aliphatic carbocycles. The maximum absolute atomic E-state index is 11.7. The summed E-state index contributed by atoms with van der Waals surface area (Å²) < 4.78 is 0. The first-order chi connectivity index (χ1) is 9.75. The van der Waals surface area contributed by atoms with E-state index in [0.29, 0.717) is 0 Å². The van der Waals surface area contributed by atoms with Crippen LogP contribution >= 0.6 is 0 Å². The van der Waals surface area contributed by atoms with Gasteiger partial charge in [-0.05, 0) is 23.3 Å². The molecule has 2 aromatic carbocycles. The second-order valence-electron chi connectivity index (χ2n) is 4.22. The summed E-state index contributed by atoms with van der Waals surface area (Å²) in [5.74, 6) is -1.05. The molecule has 0 unspecified atom stereocenters. The van der Waals surface area contributed by atoms with E-state index in [1.165, 1.54) is 12.2 Å². The van der Waals surface area contributed by atoms with Gasteiger partial charge in [-0.15, -0.1) is 0 Å². The van der Waals surface area contributed by atoms with E-state index in [1.54, 1.807) is 12.2 Å². The fraction of sp³-hybridized carbons (Fsp3) is 0. The average Bonchev–Trinajstić information content (AvgIpc) is 2.52. The van der Waals surface area contributed by atoms with Gasteiger partial charge < -0.3 is 0 Å². The Morgan fingerprint density at radius 1 is 0.600 bits per heavy atom. The largest absolute Gasteiger partial charge is 0.286 e. The van der Waals surface area contributed by atoms with Crippen LogP contribution in [0.5, 0.6) is 0 Å². The van der Waals surface area contributed by atoms with Gasteiger partial charge in [0.25, 0.3) is 0 Å². The monoisotopic (exact) mass is 262 g/mol. The Kier molecular flexibility index (Phi) is 4.79. The maximum Gasteiger partial charge on any atom is 0.225 e. The summed E-state index contributed by atoms with van der Waals surface area (Å²) in [5.41, 5.74) is 1.78. The summed E-state index contributed by atoms with van der Waals surface area (Å²) >= 11 is 0. The number of benzene rings is 2. The van der Waals surface area contributed by atoms with Crippen molar-refractivity contribution >= 4 is 23.7 Å². The predicted octanol–water partition coefficient (Wildman–Crippen LogP) is 3.55. The van der Waals surface area contributed by atoms with Crippen molar-refractivity contribution < 1.29 is 9.59 Å². The van der Waals surface area contributed by atoms with Gasteiger partial charge in [-0.1, -0.05) is 72.8 Å². The van der Waals surface area contributed by atoms with Gasteiger partial charge in [0.05, 0.1) is 0 Å². The maximum atomic E-state index is 11.7. The highest BCUT2D eigenvalue weighted by Gasteiger charge is 2.05. The van der Waals surface area contributed by atoms with Crippen molar-refractivity contribution in [3.8, 4) is 0 Å². The minimum absolute atomic E-state index is 0.527. The van der Waals surface area contributed by atoms with Crippen LogP contribution in [0.1, 0.15) is 11.1 Å². The quantitative estimate of drug-likeness (QED) is 0.610. The topological polar surface area (TPSA) is 34.1 Å². The van der Waals surface area contributed by atoms with E-state index < -0.39 is 11.6 Å². The zero-order valence-electron chi connectivity index (χ0n) is 10.9. The number of carbonyl (C=O) groups excluding carboxylic acids is 2. The minimum atomic E-state index is -0.527. The Labute approximate surface area is 118 Å². The van der Waals surface area contributed by atoms with E-state index in [4.69, 9.17) is 0 Å². The summed E-state index contributed by atoms with van der Waals surface area (Å²) in [7, 11) is 0. The molecule has 0 bridgehead atoms. The second kappa shape index (κ2) is 7.00. The van der Waals surface area contributed by atoms with E-state index in [-0.39, 0.29) is 0 Å². The first kappa shape index (κ1) is 13.7. The van der Waals surface area contributed by atoms with Crippen LogP contribution in [-0.2, 0) is 9.59 Å². The molecule has 0 saturated heterocycles. The van der Waals surface area contributed by atoms with Gasteiger partial charge in [0.15, 0.2) is 0 Å². The third-order valence-electron chi connectivity index (χ3n) is 2.70. The van der Waals surface area contributed by atoms with Crippen LogP contribution in [0.25, 0.3) is 12.2 Å². The Balaban J connectivity index is 1.98. The molecule has 2 aromatic rings. The van der Waals surface area contributed by atoms with Crippen LogP contribution in [0.4, 0.5) is 0 Å². The Morgan fingerprint density at radius 2 is 0.950 bits per heavy atom. The second-order valence-corrected chi connectivity index (χ2v) is 4.22. The first-order valence-electron chi connectivity index (χ1n) is 6.30. The number of hydrogen-bond acceptors (Lipinski definition) is 2. The SMILES string of the molecule is O=C(C=Cc1ccccc1)C(=O)/C=C/c1ccccc1. The standard InChI is InChI=1S/C18H14O2/c19-17(13-11-15-7-3-1-4-8-15)18(20)14-12-16-9-5-2-6-10-16/h1-14H/b13-11+,14-12?. The van der Waals surface area contributed by atoms with E-state index in [1.807, 2.05) is 60.7 Å². The molecule has 2 rings (SSSR count). The fourth-order valence-corrected chi connectivity index (χ4v) is 1.64. The molecule has 0 saturated carbocycles. The van der Waals surface area contributed by atoms with Crippen LogP contribution < -0.4 is 0 Å². The molecule has 0 fully saturated rings. The van der Waals surface area contributed by atoms with Crippen molar-refractivity contribution in [3.05, 3.63) is 83.9 Å². The highest BCUT2D eigenvalue weighted by atomic mass is 16.2. The lowest BCUT2D eigenvalue weighted by Gasteiger charge is -1.92. The van der Waals surface area contributed by atoms with Crippen molar-refractivity contribution in [2.45, 2.75) is 0 Å². The summed E-state index contributed by atoms with van der Waals surface area (Å²) in [5, 5.41) is 0. The Hall–Kier alpha value is -2.74. The summed E-state index contributed by atoms with van der Waals surface area (Å²) in [4.78, 5) is 23.3. The van der Waals surface area contributed by atoms with Gasteiger partial charge in [-0.2, -0.15) is 0 Å². The molecule has 0 aliphatic rings. The number of ketones is 2. The van der Waals surface area contributed by atoms with Gasteiger partial charge in [-0.25, -0.2) is 0 Å². The molecule has 98 valence electrons. The summed E-state index contributed by atoms with van der Waals surface area (Å²) in [6, 6.07) is 18.8.